The number of hydrogen-bond donors (Lipinski definition) is 1. The Kier molecular flexibility index (Phi) is 5.03. The normalized spacial score (nSPS) is 28.7. The number of hydrogen-bond acceptors (Lipinski definition) is 4. The van der Waals surface area contributed by atoms with Crippen LogP contribution in [0.2, 0.25) is 0 Å². The largest absolute Gasteiger partial charge is 0.396 e. The average Bonchev–Trinajstić information content (AvgIpc) is 2.78. The van der Waals surface area contributed by atoms with Crippen LogP contribution in [-0.2, 0) is 4.74 Å². The molecule has 94 valence electrons. The van der Waals surface area contributed by atoms with Crippen molar-refractivity contribution in [2.45, 2.75) is 12.8 Å². The molecule has 2 heterocycles. The molecule has 0 bridgehead atoms. The number of ether oxygens (including phenoxy) is 1. The summed E-state index contributed by atoms with van der Waals surface area (Å²) in [5, 5.41) is 9.06. The Morgan fingerprint density at radius 1 is 1.06 bits per heavy atom. The van der Waals surface area contributed by atoms with Gasteiger partial charge in [-0.2, -0.15) is 0 Å². The fourth-order valence-electron chi connectivity index (χ4n) is 2.61. The second kappa shape index (κ2) is 6.55. The Hall–Kier alpha value is -0.160. The van der Waals surface area contributed by atoms with Crippen molar-refractivity contribution in [2.24, 2.45) is 5.92 Å². The summed E-state index contributed by atoms with van der Waals surface area (Å²) in [4.78, 5) is 4.98. The third-order valence-corrected chi connectivity index (χ3v) is 3.68. The zero-order chi connectivity index (χ0) is 11.2. The van der Waals surface area contributed by atoms with Crippen molar-refractivity contribution >= 4 is 0 Å². The van der Waals surface area contributed by atoms with Crippen molar-refractivity contribution in [3.63, 3.8) is 0 Å². The van der Waals surface area contributed by atoms with E-state index in [0.717, 1.165) is 32.8 Å². The number of rotatable bonds is 5. The van der Waals surface area contributed by atoms with Crippen LogP contribution in [0, 0.1) is 5.92 Å². The van der Waals surface area contributed by atoms with Gasteiger partial charge in [0.2, 0.25) is 0 Å². The molecular formula is C12H24N2O2. The number of likely N-dealkylation sites (tertiary alicyclic amines) is 1. The highest BCUT2D eigenvalue weighted by Gasteiger charge is 2.21. The van der Waals surface area contributed by atoms with Gasteiger partial charge in [-0.15, -0.1) is 0 Å². The summed E-state index contributed by atoms with van der Waals surface area (Å²) in [5.74, 6) is 0.531. The van der Waals surface area contributed by atoms with E-state index in [2.05, 4.69) is 9.80 Å². The van der Waals surface area contributed by atoms with Gasteiger partial charge in [0.05, 0.1) is 13.2 Å². The lowest BCUT2D eigenvalue weighted by Gasteiger charge is -2.27. The minimum atomic E-state index is 0.361. The van der Waals surface area contributed by atoms with Crippen LogP contribution in [-0.4, -0.2) is 74.0 Å². The molecule has 0 spiro atoms. The lowest BCUT2D eigenvalue weighted by atomic mass is 10.1. The molecule has 16 heavy (non-hydrogen) atoms. The molecule has 1 unspecified atom stereocenters. The lowest BCUT2D eigenvalue weighted by Crippen LogP contribution is -2.38. The van der Waals surface area contributed by atoms with Crippen LogP contribution in [0.1, 0.15) is 12.8 Å². The first kappa shape index (κ1) is 12.3. The molecule has 0 amide bonds. The van der Waals surface area contributed by atoms with E-state index in [1.807, 2.05) is 0 Å². The van der Waals surface area contributed by atoms with Crippen LogP contribution >= 0.6 is 0 Å². The fraction of sp³-hybridized carbons (Fsp3) is 1.00. The third kappa shape index (κ3) is 3.70. The van der Waals surface area contributed by atoms with Gasteiger partial charge >= 0.3 is 0 Å². The van der Waals surface area contributed by atoms with Crippen molar-refractivity contribution < 1.29 is 9.84 Å². The topological polar surface area (TPSA) is 35.9 Å². The molecule has 1 atom stereocenters. The Morgan fingerprint density at radius 3 is 2.50 bits per heavy atom. The van der Waals surface area contributed by atoms with Gasteiger partial charge in [-0.05, 0) is 38.4 Å². The second-order valence-electron chi connectivity index (χ2n) is 4.95. The molecule has 0 saturated carbocycles. The van der Waals surface area contributed by atoms with E-state index in [0.29, 0.717) is 12.5 Å². The van der Waals surface area contributed by atoms with E-state index < -0.39 is 0 Å². The molecule has 0 radical (unpaired) electrons. The van der Waals surface area contributed by atoms with Gasteiger partial charge in [0, 0.05) is 26.2 Å². The summed E-state index contributed by atoms with van der Waals surface area (Å²) in [5.41, 5.74) is 0. The zero-order valence-corrected chi connectivity index (χ0v) is 10.1. The second-order valence-corrected chi connectivity index (χ2v) is 4.95. The molecule has 4 nitrogen and oxygen atoms in total. The van der Waals surface area contributed by atoms with E-state index in [9.17, 15) is 0 Å². The van der Waals surface area contributed by atoms with Crippen molar-refractivity contribution in [3.8, 4) is 0 Å². The Morgan fingerprint density at radius 2 is 1.81 bits per heavy atom. The van der Waals surface area contributed by atoms with Crippen molar-refractivity contribution in [3.05, 3.63) is 0 Å². The number of nitrogens with zero attached hydrogens (tertiary/aromatic N) is 2. The maximum Gasteiger partial charge on any atom is 0.0594 e. The lowest BCUT2D eigenvalue weighted by molar-refractivity contribution is 0.0363. The van der Waals surface area contributed by atoms with Crippen LogP contribution in [0.15, 0.2) is 0 Å². The van der Waals surface area contributed by atoms with Crippen LogP contribution in [0.25, 0.3) is 0 Å². The maximum absolute atomic E-state index is 9.06. The zero-order valence-electron chi connectivity index (χ0n) is 10.1. The Labute approximate surface area is 98.2 Å². The van der Waals surface area contributed by atoms with Gasteiger partial charge in [-0.25, -0.2) is 0 Å². The summed E-state index contributed by atoms with van der Waals surface area (Å²) in [6.45, 7) is 9.01. The molecule has 2 fully saturated rings. The maximum atomic E-state index is 9.06. The summed E-state index contributed by atoms with van der Waals surface area (Å²) in [6.07, 6.45) is 2.42. The van der Waals surface area contributed by atoms with Crippen LogP contribution < -0.4 is 0 Å². The highest BCUT2D eigenvalue weighted by molar-refractivity contribution is 4.75. The molecule has 2 saturated heterocycles. The van der Waals surface area contributed by atoms with Gasteiger partial charge in [0.1, 0.15) is 0 Å². The molecule has 1 N–H and O–H groups in total. The van der Waals surface area contributed by atoms with Gasteiger partial charge in [0.15, 0.2) is 0 Å². The van der Waals surface area contributed by atoms with Crippen molar-refractivity contribution in [1.82, 2.24) is 9.80 Å². The van der Waals surface area contributed by atoms with E-state index in [1.54, 1.807) is 0 Å². The molecule has 0 aromatic heterocycles. The standard InChI is InChI=1S/C12H24N2O2/c15-11-12-2-5-14(10-12)4-1-3-13-6-8-16-9-7-13/h12,15H,1-11H2. The smallest absolute Gasteiger partial charge is 0.0594 e. The molecule has 4 heteroatoms. The van der Waals surface area contributed by atoms with Crippen LogP contribution in [0.4, 0.5) is 0 Å². The molecule has 2 aliphatic heterocycles. The summed E-state index contributed by atoms with van der Waals surface area (Å²) < 4.78 is 5.33. The third-order valence-electron chi connectivity index (χ3n) is 3.68. The molecule has 0 aromatic rings. The summed E-state index contributed by atoms with van der Waals surface area (Å²) >= 11 is 0. The van der Waals surface area contributed by atoms with Crippen molar-refractivity contribution in [2.75, 3.05) is 59.1 Å². The average molecular weight is 228 g/mol. The number of aliphatic hydroxyl groups excluding tert-OH is 1. The SMILES string of the molecule is OCC1CCN(CCCN2CCOCC2)C1. The monoisotopic (exact) mass is 228 g/mol. The summed E-state index contributed by atoms with van der Waals surface area (Å²) in [6, 6.07) is 0. The van der Waals surface area contributed by atoms with Crippen LogP contribution in [0.5, 0.6) is 0 Å². The molecule has 2 aliphatic rings. The molecule has 2 rings (SSSR count). The fourth-order valence-corrected chi connectivity index (χ4v) is 2.61. The Balaban J connectivity index is 1.54. The minimum Gasteiger partial charge on any atom is -0.396 e. The predicted octanol–water partition coefficient (Wildman–Crippen LogP) is 0.0229. The van der Waals surface area contributed by atoms with E-state index in [4.69, 9.17) is 9.84 Å². The molecular weight excluding hydrogens is 204 g/mol. The first-order chi connectivity index (χ1) is 7.88. The van der Waals surface area contributed by atoms with E-state index in [1.165, 1.54) is 32.5 Å². The predicted molar refractivity (Wildman–Crippen MR) is 63.5 cm³/mol. The summed E-state index contributed by atoms with van der Waals surface area (Å²) in [7, 11) is 0. The van der Waals surface area contributed by atoms with Gasteiger partial charge in [0.25, 0.3) is 0 Å². The van der Waals surface area contributed by atoms with Gasteiger partial charge in [-0.3, -0.25) is 4.90 Å². The highest BCUT2D eigenvalue weighted by atomic mass is 16.5. The Bertz CT molecular complexity index is 195. The first-order valence-electron chi connectivity index (χ1n) is 6.52. The quantitative estimate of drug-likeness (QED) is 0.720. The molecule has 0 aliphatic carbocycles. The van der Waals surface area contributed by atoms with Gasteiger partial charge < -0.3 is 14.7 Å². The van der Waals surface area contributed by atoms with E-state index in [-0.39, 0.29) is 0 Å². The first-order valence-corrected chi connectivity index (χ1v) is 6.52. The van der Waals surface area contributed by atoms with Crippen molar-refractivity contribution in [1.29, 1.82) is 0 Å². The highest BCUT2D eigenvalue weighted by Crippen LogP contribution is 2.15. The molecule has 0 aromatic carbocycles. The minimum absolute atomic E-state index is 0.361. The van der Waals surface area contributed by atoms with Crippen LogP contribution in [0.3, 0.4) is 0 Å². The number of aliphatic hydroxyl groups is 1. The number of morpholine rings is 1. The van der Waals surface area contributed by atoms with Gasteiger partial charge in [-0.1, -0.05) is 0 Å². The van der Waals surface area contributed by atoms with E-state index >= 15 is 0 Å².